The molecule has 0 aliphatic heterocycles. The van der Waals surface area contributed by atoms with Crippen molar-refractivity contribution in [3.05, 3.63) is 0 Å². The van der Waals surface area contributed by atoms with Crippen LogP contribution in [0, 0.1) is 5.41 Å². The molecule has 64 valence electrons. The first-order chi connectivity index (χ1) is 5.22. The van der Waals surface area contributed by atoms with Crippen LogP contribution in [0.2, 0.25) is 0 Å². The summed E-state index contributed by atoms with van der Waals surface area (Å²) >= 11 is 0. The summed E-state index contributed by atoms with van der Waals surface area (Å²) in [6.07, 6.45) is 3.08. The second kappa shape index (κ2) is 3.09. The Bertz CT molecular complexity index is 163. The minimum absolute atomic E-state index is 0.297. The van der Waals surface area contributed by atoms with Gasteiger partial charge in [0.25, 0.3) is 0 Å². The van der Waals surface area contributed by atoms with Gasteiger partial charge in [-0.3, -0.25) is 0 Å². The zero-order chi connectivity index (χ0) is 8.32. The number of nitrogens with two attached hydrogens (primary N) is 1. The highest BCUT2D eigenvalue weighted by molar-refractivity contribution is 5.80. The molecule has 0 radical (unpaired) electrons. The third kappa shape index (κ3) is 2.08. The minimum Gasteiger partial charge on any atom is -0.409 e. The van der Waals surface area contributed by atoms with E-state index in [9.17, 15) is 0 Å². The van der Waals surface area contributed by atoms with Crippen LogP contribution in [-0.2, 0) is 0 Å². The maximum atomic E-state index is 8.34. The molecule has 1 aliphatic carbocycles. The lowest BCUT2D eigenvalue weighted by Crippen LogP contribution is -2.26. The lowest BCUT2D eigenvalue weighted by Gasteiger charge is -2.12. The summed E-state index contributed by atoms with van der Waals surface area (Å²) < 4.78 is 0. The van der Waals surface area contributed by atoms with Crippen molar-refractivity contribution in [2.24, 2.45) is 16.3 Å². The first kappa shape index (κ1) is 8.33. The Morgan fingerprint density at radius 2 is 2.36 bits per heavy atom. The molecule has 0 heterocycles. The Kier molecular flexibility index (Phi) is 2.34. The topological polar surface area (TPSA) is 70.6 Å². The van der Waals surface area contributed by atoms with Crippen LogP contribution in [0.15, 0.2) is 5.16 Å². The molecule has 4 nitrogen and oxygen atoms in total. The van der Waals surface area contributed by atoms with Crippen molar-refractivity contribution in [1.82, 2.24) is 5.32 Å². The second-order valence-corrected chi connectivity index (χ2v) is 3.30. The van der Waals surface area contributed by atoms with Gasteiger partial charge in [-0.15, -0.1) is 0 Å². The van der Waals surface area contributed by atoms with Gasteiger partial charge in [-0.05, 0) is 25.3 Å². The van der Waals surface area contributed by atoms with Gasteiger partial charge in [0.15, 0.2) is 0 Å². The highest BCUT2D eigenvalue weighted by atomic mass is 16.4. The Morgan fingerprint density at radius 3 is 2.73 bits per heavy atom. The molecular formula is C7H15N3O. The molecule has 4 heteroatoms. The third-order valence-corrected chi connectivity index (χ3v) is 2.19. The van der Waals surface area contributed by atoms with Crippen molar-refractivity contribution in [3.63, 3.8) is 0 Å². The smallest absolute Gasteiger partial charge is 0.139 e. The van der Waals surface area contributed by atoms with Gasteiger partial charge >= 0.3 is 0 Å². The van der Waals surface area contributed by atoms with Gasteiger partial charge in [0.2, 0.25) is 0 Å². The summed E-state index contributed by atoms with van der Waals surface area (Å²) in [5, 5.41) is 14.4. The maximum absolute atomic E-state index is 8.34. The van der Waals surface area contributed by atoms with Crippen molar-refractivity contribution in [2.75, 3.05) is 13.6 Å². The van der Waals surface area contributed by atoms with E-state index in [-0.39, 0.29) is 0 Å². The Labute approximate surface area is 66.5 Å². The van der Waals surface area contributed by atoms with E-state index in [1.807, 2.05) is 7.05 Å². The molecule has 1 rings (SSSR count). The van der Waals surface area contributed by atoms with Crippen LogP contribution in [0.4, 0.5) is 0 Å². The van der Waals surface area contributed by atoms with Crippen LogP contribution in [0.5, 0.6) is 0 Å². The van der Waals surface area contributed by atoms with E-state index in [0.29, 0.717) is 17.7 Å². The average Bonchev–Trinajstić information content (AvgIpc) is 2.70. The number of amidine groups is 1. The normalized spacial score (nSPS) is 21.7. The van der Waals surface area contributed by atoms with Gasteiger partial charge in [0.1, 0.15) is 5.84 Å². The van der Waals surface area contributed by atoms with Crippen molar-refractivity contribution in [1.29, 1.82) is 0 Å². The standard InChI is InChI=1S/C7H15N3O/c1-9-5-7(2-3-7)4-6(8)10-11/h9,11H,2-5H2,1H3,(H2,8,10). The van der Waals surface area contributed by atoms with Crippen LogP contribution in [0.3, 0.4) is 0 Å². The number of nitrogens with zero attached hydrogens (tertiary/aromatic N) is 1. The SMILES string of the molecule is CNCC1(CC(N)=NO)CC1. The minimum atomic E-state index is 0.297. The first-order valence-electron chi connectivity index (χ1n) is 3.83. The van der Waals surface area contributed by atoms with E-state index in [2.05, 4.69) is 10.5 Å². The van der Waals surface area contributed by atoms with E-state index in [0.717, 1.165) is 6.54 Å². The number of hydrogen-bond acceptors (Lipinski definition) is 3. The Hall–Kier alpha value is -0.770. The molecule has 0 aromatic heterocycles. The summed E-state index contributed by atoms with van der Waals surface area (Å²) in [6, 6.07) is 0. The molecule has 11 heavy (non-hydrogen) atoms. The van der Waals surface area contributed by atoms with Gasteiger partial charge in [0.05, 0.1) is 0 Å². The molecule has 0 amide bonds. The van der Waals surface area contributed by atoms with E-state index in [1.165, 1.54) is 12.8 Å². The summed E-state index contributed by atoms with van der Waals surface area (Å²) in [4.78, 5) is 0. The summed E-state index contributed by atoms with van der Waals surface area (Å²) in [5.41, 5.74) is 5.70. The van der Waals surface area contributed by atoms with Crippen LogP contribution in [-0.4, -0.2) is 24.6 Å². The zero-order valence-electron chi connectivity index (χ0n) is 6.80. The van der Waals surface area contributed by atoms with Gasteiger partial charge in [-0.2, -0.15) is 0 Å². The van der Waals surface area contributed by atoms with Gasteiger partial charge < -0.3 is 16.3 Å². The van der Waals surface area contributed by atoms with Gasteiger partial charge in [-0.1, -0.05) is 5.16 Å². The van der Waals surface area contributed by atoms with Crippen LogP contribution >= 0.6 is 0 Å². The van der Waals surface area contributed by atoms with E-state index in [4.69, 9.17) is 10.9 Å². The number of hydrogen-bond donors (Lipinski definition) is 3. The quantitative estimate of drug-likeness (QED) is 0.235. The fraction of sp³-hybridized carbons (Fsp3) is 0.857. The van der Waals surface area contributed by atoms with Crippen molar-refractivity contribution < 1.29 is 5.21 Å². The number of oxime groups is 1. The van der Waals surface area contributed by atoms with Crippen LogP contribution < -0.4 is 11.1 Å². The molecule has 1 fully saturated rings. The van der Waals surface area contributed by atoms with Crippen molar-refractivity contribution in [3.8, 4) is 0 Å². The fourth-order valence-corrected chi connectivity index (χ4v) is 1.39. The molecule has 0 saturated heterocycles. The first-order valence-corrected chi connectivity index (χ1v) is 3.83. The molecule has 0 spiro atoms. The highest BCUT2D eigenvalue weighted by Crippen LogP contribution is 2.47. The van der Waals surface area contributed by atoms with Crippen LogP contribution in [0.1, 0.15) is 19.3 Å². The number of rotatable bonds is 4. The number of nitrogens with one attached hydrogen (secondary N) is 1. The van der Waals surface area contributed by atoms with E-state index < -0.39 is 0 Å². The van der Waals surface area contributed by atoms with Gasteiger partial charge in [-0.25, -0.2) is 0 Å². The Morgan fingerprint density at radius 1 is 1.73 bits per heavy atom. The predicted molar refractivity (Wildman–Crippen MR) is 43.6 cm³/mol. The monoisotopic (exact) mass is 157 g/mol. The fourth-order valence-electron chi connectivity index (χ4n) is 1.39. The zero-order valence-corrected chi connectivity index (χ0v) is 6.80. The van der Waals surface area contributed by atoms with Crippen molar-refractivity contribution >= 4 is 5.84 Å². The maximum Gasteiger partial charge on any atom is 0.139 e. The molecule has 1 aliphatic rings. The molecular weight excluding hydrogens is 142 g/mol. The third-order valence-electron chi connectivity index (χ3n) is 2.19. The van der Waals surface area contributed by atoms with Crippen LogP contribution in [0.25, 0.3) is 0 Å². The highest BCUT2D eigenvalue weighted by Gasteiger charge is 2.42. The van der Waals surface area contributed by atoms with E-state index in [1.54, 1.807) is 0 Å². The summed E-state index contributed by atoms with van der Waals surface area (Å²) in [7, 11) is 1.92. The molecule has 4 N–H and O–H groups in total. The van der Waals surface area contributed by atoms with E-state index >= 15 is 0 Å². The molecule has 0 aromatic carbocycles. The summed E-state index contributed by atoms with van der Waals surface area (Å²) in [6.45, 7) is 0.962. The van der Waals surface area contributed by atoms with Crippen molar-refractivity contribution in [2.45, 2.75) is 19.3 Å². The predicted octanol–water partition coefficient (Wildman–Crippen LogP) is 0.122. The lowest BCUT2D eigenvalue weighted by atomic mass is 10.0. The second-order valence-electron chi connectivity index (χ2n) is 3.30. The molecule has 1 saturated carbocycles. The molecule has 0 atom stereocenters. The largest absolute Gasteiger partial charge is 0.409 e. The molecule has 0 bridgehead atoms. The lowest BCUT2D eigenvalue weighted by molar-refractivity contribution is 0.314. The summed E-state index contributed by atoms with van der Waals surface area (Å²) in [5.74, 6) is 0.345. The van der Waals surface area contributed by atoms with Gasteiger partial charge in [0, 0.05) is 13.0 Å². The Balaban J connectivity index is 2.35. The molecule has 0 unspecified atom stereocenters. The molecule has 0 aromatic rings. The average molecular weight is 157 g/mol.